The Labute approximate surface area is 125 Å². The summed E-state index contributed by atoms with van der Waals surface area (Å²) in [6.07, 6.45) is 0.120. The van der Waals surface area contributed by atoms with Crippen LogP contribution in [0.1, 0.15) is 34.8 Å². The van der Waals surface area contributed by atoms with Gasteiger partial charge in [0.05, 0.1) is 0 Å². The summed E-state index contributed by atoms with van der Waals surface area (Å²) < 4.78 is 5.82. The number of carbonyl (C=O) groups excluding carboxylic acids is 1. The van der Waals surface area contributed by atoms with Crippen molar-refractivity contribution in [3.63, 3.8) is 0 Å². The van der Waals surface area contributed by atoms with Crippen molar-refractivity contribution in [1.82, 2.24) is 0 Å². The predicted octanol–water partition coefficient (Wildman–Crippen LogP) is 3.93. The second kappa shape index (κ2) is 6.44. The van der Waals surface area contributed by atoms with Gasteiger partial charge >= 0.3 is 0 Å². The van der Waals surface area contributed by atoms with E-state index in [0.717, 1.165) is 16.7 Å². The monoisotopic (exact) mass is 283 g/mol. The van der Waals surface area contributed by atoms with E-state index in [1.807, 2.05) is 51.1 Å². The minimum atomic E-state index is -0.492. The molecule has 0 bridgehead atoms. The molecule has 0 spiro atoms. The average molecular weight is 283 g/mol. The molecule has 2 rings (SSSR count). The van der Waals surface area contributed by atoms with E-state index >= 15 is 0 Å². The number of ketones is 1. The van der Waals surface area contributed by atoms with Crippen LogP contribution in [0.3, 0.4) is 0 Å². The fourth-order valence-electron chi connectivity index (χ4n) is 2.34. The quantitative estimate of drug-likeness (QED) is 0.668. The molecule has 0 aliphatic rings. The van der Waals surface area contributed by atoms with Crippen LogP contribution in [0.5, 0.6) is 5.75 Å². The highest BCUT2D eigenvalue weighted by molar-refractivity contribution is 6.00. The van der Waals surface area contributed by atoms with Crippen molar-refractivity contribution >= 4 is 11.5 Å². The number of ether oxygens (including phenoxy) is 1. The molecule has 21 heavy (non-hydrogen) atoms. The summed E-state index contributed by atoms with van der Waals surface area (Å²) >= 11 is 0. The van der Waals surface area contributed by atoms with Gasteiger partial charge in [-0.15, -0.1) is 0 Å². The molecule has 0 fully saturated rings. The Balaban J connectivity index is 2.22. The Morgan fingerprint density at radius 1 is 1.19 bits per heavy atom. The topological polar surface area (TPSA) is 52.3 Å². The van der Waals surface area contributed by atoms with Gasteiger partial charge in [0.2, 0.25) is 5.78 Å². The first-order valence-corrected chi connectivity index (χ1v) is 7.15. The highest BCUT2D eigenvalue weighted by atomic mass is 16.5. The Hall–Kier alpha value is -2.29. The van der Waals surface area contributed by atoms with E-state index in [-0.39, 0.29) is 5.78 Å². The summed E-state index contributed by atoms with van der Waals surface area (Å²) in [5, 5.41) is 0. The van der Waals surface area contributed by atoms with E-state index in [2.05, 4.69) is 0 Å². The zero-order valence-electron chi connectivity index (χ0n) is 12.7. The summed E-state index contributed by atoms with van der Waals surface area (Å²) in [4.78, 5) is 12.6. The zero-order valence-corrected chi connectivity index (χ0v) is 12.7. The lowest BCUT2D eigenvalue weighted by Gasteiger charge is -2.18. The Kier molecular flexibility index (Phi) is 4.63. The maximum atomic E-state index is 12.6. The number of rotatable bonds is 5. The number of Topliss-reactive ketones (excluding diaryl/α,β-unsaturated/α-hetero) is 1. The van der Waals surface area contributed by atoms with Gasteiger partial charge in [-0.2, -0.15) is 0 Å². The van der Waals surface area contributed by atoms with E-state index < -0.39 is 6.10 Å². The largest absolute Gasteiger partial charge is 0.482 e. The molecule has 0 radical (unpaired) electrons. The molecule has 0 aliphatic carbocycles. The van der Waals surface area contributed by atoms with Gasteiger partial charge in [-0.05, 0) is 38.0 Å². The van der Waals surface area contributed by atoms with Crippen molar-refractivity contribution in [3.05, 3.63) is 59.2 Å². The molecule has 0 aliphatic heterocycles. The van der Waals surface area contributed by atoms with Gasteiger partial charge in [-0.1, -0.05) is 36.8 Å². The molecule has 3 nitrogen and oxygen atoms in total. The van der Waals surface area contributed by atoms with Gasteiger partial charge < -0.3 is 10.5 Å². The first kappa shape index (κ1) is 15.1. The average Bonchev–Trinajstić information content (AvgIpc) is 2.44. The molecule has 2 aromatic rings. The first-order chi connectivity index (χ1) is 10.0. The standard InChI is InChI=1S/C18H21NO2/c1-4-17(21-15-7-5-6-14(19)11-15)18(20)16-9-8-12(2)10-13(16)3/h5-11,17H,4,19H2,1-3H3. The van der Waals surface area contributed by atoms with Crippen LogP contribution in [0.25, 0.3) is 0 Å². The molecule has 2 N–H and O–H groups in total. The molecule has 2 aromatic carbocycles. The van der Waals surface area contributed by atoms with E-state index in [9.17, 15) is 4.79 Å². The maximum absolute atomic E-state index is 12.6. The van der Waals surface area contributed by atoms with Crippen LogP contribution in [-0.2, 0) is 0 Å². The molecule has 1 atom stereocenters. The maximum Gasteiger partial charge on any atom is 0.203 e. The van der Waals surface area contributed by atoms with Gasteiger partial charge in [0.1, 0.15) is 5.75 Å². The minimum absolute atomic E-state index is 0.0115. The number of hydrogen-bond donors (Lipinski definition) is 1. The molecule has 0 saturated carbocycles. The molecule has 110 valence electrons. The third-order valence-electron chi connectivity index (χ3n) is 3.45. The molecule has 1 unspecified atom stereocenters. The van der Waals surface area contributed by atoms with Gasteiger partial charge in [0.15, 0.2) is 6.10 Å². The van der Waals surface area contributed by atoms with Gasteiger partial charge in [0.25, 0.3) is 0 Å². The number of hydrogen-bond acceptors (Lipinski definition) is 3. The van der Waals surface area contributed by atoms with Crippen molar-refractivity contribution in [3.8, 4) is 5.75 Å². The summed E-state index contributed by atoms with van der Waals surface area (Å²) in [5.74, 6) is 0.636. The number of nitrogens with two attached hydrogens (primary N) is 1. The Morgan fingerprint density at radius 3 is 2.57 bits per heavy atom. The number of aryl methyl sites for hydroxylation is 2. The normalized spacial score (nSPS) is 12.0. The van der Waals surface area contributed by atoms with Crippen LogP contribution < -0.4 is 10.5 Å². The van der Waals surface area contributed by atoms with Crippen LogP contribution in [0, 0.1) is 13.8 Å². The molecule has 0 heterocycles. The molecule has 3 heteroatoms. The van der Waals surface area contributed by atoms with Crippen molar-refractivity contribution in [2.75, 3.05) is 5.73 Å². The third-order valence-corrected chi connectivity index (χ3v) is 3.45. The Bertz CT molecular complexity index is 649. The van der Waals surface area contributed by atoms with Gasteiger partial charge in [0, 0.05) is 17.3 Å². The smallest absolute Gasteiger partial charge is 0.203 e. The van der Waals surface area contributed by atoms with Gasteiger partial charge in [-0.25, -0.2) is 0 Å². The Morgan fingerprint density at radius 2 is 1.95 bits per heavy atom. The molecule has 0 aromatic heterocycles. The fraction of sp³-hybridized carbons (Fsp3) is 0.278. The zero-order chi connectivity index (χ0) is 15.4. The summed E-state index contributed by atoms with van der Waals surface area (Å²) in [7, 11) is 0. The van der Waals surface area contributed by atoms with Crippen molar-refractivity contribution in [2.24, 2.45) is 0 Å². The highest BCUT2D eigenvalue weighted by Gasteiger charge is 2.21. The van der Waals surface area contributed by atoms with Crippen molar-refractivity contribution in [2.45, 2.75) is 33.3 Å². The molecular weight excluding hydrogens is 262 g/mol. The van der Waals surface area contributed by atoms with Crippen LogP contribution in [-0.4, -0.2) is 11.9 Å². The van der Waals surface area contributed by atoms with Crippen LogP contribution in [0.4, 0.5) is 5.69 Å². The van der Waals surface area contributed by atoms with E-state index in [1.54, 1.807) is 12.1 Å². The van der Waals surface area contributed by atoms with Crippen LogP contribution >= 0.6 is 0 Å². The SMILES string of the molecule is CCC(Oc1cccc(N)c1)C(=O)c1ccc(C)cc1C. The van der Waals surface area contributed by atoms with Crippen LogP contribution in [0.2, 0.25) is 0 Å². The second-order valence-electron chi connectivity index (χ2n) is 5.27. The third kappa shape index (κ3) is 3.63. The van der Waals surface area contributed by atoms with E-state index in [0.29, 0.717) is 17.9 Å². The molecular formula is C18H21NO2. The highest BCUT2D eigenvalue weighted by Crippen LogP contribution is 2.20. The molecule has 0 saturated heterocycles. The van der Waals surface area contributed by atoms with Crippen molar-refractivity contribution < 1.29 is 9.53 Å². The van der Waals surface area contributed by atoms with E-state index in [1.165, 1.54) is 0 Å². The number of carbonyl (C=O) groups is 1. The summed E-state index contributed by atoms with van der Waals surface area (Å²) in [6.45, 7) is 5.91. The lowest BCUT2D eigenvalue weighted by molar-refractivity contribution is 0.0786. The molecule has 0 amide bonds. The van der Waals surface area contributed by atoms with Crippen LogP contribution in [0.15, 0.2) is 42.5 Å². The summed E-state index contributed by atoms with van der Waals surface area (Å²) in [6, 6.07) is 13.0. The van der Waals surface area contributed by atoms with Gasteiger partial charge in [-0.3, -0.25) is 4.79 Å². The number of nitrogen functional groups attached to an aromatic ring is 1. The predicted molar refractivity (Wildman–Crippen MR) is 85.8 cm³/mol. The lowest BCUT2D eigenvalue weighted by Crippen LogP contribution is -2.27. The van der Waals surface area contributed by atoms with E-state index in [4.69, 9.17) is 10.5 Å². The van der Waals surface area contributed by atoms with Crippen molar-refractivity contribution in [1.29, 1.82) is 0 Å². The fourth-order valence-corrected chi connectivity index (χ4v) is 2.34. The minimum Gasteiger partial charge on any atom is -0.482 e. The lowest BCUT2D eigenvalue weighted by atomic mass is 9.98. The number of anilines is 1. The number of benzene rings is 2. The second-order valence-corrected chi connectivity index (χ2v) is 5.27. The summed E-state index contributed by atoms with van der Waals surface area (Å²) in [5.41, 5.74) is 9.21. The first-order valence-electron chi connectivity index (χ1n) is 7.15.